The van der Waals surface area contributed by atoms with Gasteiger partial charge in [-0.25, -0.2) is 9.97 Å². The molecule has 0 unspecified atom stereocenters. The molecule has 0 spiro atoms. The maximum Gasteiger partial charge on any atom is 0.197 e. The van der Waals surface area contributed by atoms with Gasteiger partial charge in [-0.15, -0.1) is 12.6 Å². The average Bonchev–Trinajstić information content (AvgIpc) is 3.09. The lowest BCUT2D eigenvalue weighted by Gasteiger charge is -2.36. The predicted octanol–water partition coefficient (Wildman–Crippen LogP) is 6.88. The summed E-state index contributed by atoms with van der Waals surface area (Å²) in [5.74, 6) is 0.410. The van der Waals surface area contributed by atoms with Crippen molar-refractivity contribution in [2.75, 3.05) is 33.2 Å². The van der Waals surface area contributed by atoms with Crippen LogP contribution in [-0.4, -0.2) is 58.8 Å². The second kappa shape index (κ2) is 13.5. The van der Waals surface area contributed by atoms with E-state index in [2.05, 4.69) is 63.2 Å². The molecule has 1 aliphatic heterocycles. The number of Topliss-reactive ketones (excluding diaryl/α,β-unsaturated/α-hetero) is 1. The van der Waals surface area contributed by atoms with E-state index < -0.39 is 5.60 Å². The Bertz CT molecular complexity index is 1680. The largest absolute Gasteiger partial charge is 0.473 e. The molecule has 1 saturated heterocycles. The molecule has 0 atom stereocenters. The number of hydrogen-bond acceptors (Lipinski definition) is 7. The number of thiol groups is 1. The zero-order valence-corrected chi connectivity index (χ0v) is 26.4. The highest BCUT2D eigenvalue weighted by atomic mass is 32.1. The van der Waals surface area contributed by atoms with Crippen molar-refractivity contribution in [2.45, 2.75) is 12.5 Å². The second-order valence-electron chi connectivity index (χ2n) is 11.3. The molecule has 0 radical (unpaired) electrons. The normalized spacial score (nSPS) is 14.5. The van der Waals surface area contributed by atoms with Crippen LogP contribution in [0.15, 0.2) is 133 Å². The molecule has 4 aromatic carbocycles. The minimum Gasteiger partial charge on any atom is -0.473 e. The number of benzene rings is 4. The summed E-state index contributed by atoms with van der Waals surface area (Å²) < 4.78 is 7.18. The maximum atomic E-state index is 14.5. The highest BCUT2D eigenvalue weighted by Gasteiger charge is 2.39. The number of carbonyl (C=O) groups is 1. The third-order valence-corrected chi connectivity index (χ3v) is 8.72. The Morgan fingerprint density at radius 2 is 1.33 bits per heavy atom. The average molecular weight is 613 g/mol. The van der Waals surface area contributed by atoms with Gasteiger partial charge in [-0.2, -0.15) is 0 Å². The van der Waals surface area contributed by atoms with Crippen LogP contribution in [0.25, 0.3) is 5.57 Å². The lowest BCUT2D eigenvalue weighted by atomic mass is 9.80. The summed E-state index contributed by atoms with van der Waals surface area (Å²) in [5.41, 5.74) is 4.35. The van der Waals surface area contributed by atoms with Crippen LogP contribution in [0.2, 0.25) is 0 Å². The molecule has 1 aliphatic rings. The van der Waals surface area contributed by atoms with Crippen LogP contribution in [0.4, 0.5) is 0 Å². The van der Waals surface area contributed by atoms with E-state index in [0.29, 0.717) is 27.6 Å². The minimum absolute atomic E-state index is 0.170. The quantitative estimate of drug-likeness (QED) is 0.0848. The highest BCUT2D eigenvalue weighted by Crippen LogP contribution is 2.42. The second-order valence-corrected chi connectivity index (χ2v) is 11.8. The number of ether oxygens (including phenoxy) is 1. The molecule has 0 N–H and O–H groups in total. The fourth-order valence-electron chi connectivity index (χ4n) is 5.90. The fraction of sp³-hybridized carbons (Fsp3) is 0.184. The number of aromatic nitrogens is 2. The fourth-order valence-corrected chi connectivity index (χ4v) is 6.32. The molecule has 45 heavy (non-hydrogen) atoms. The van der Waals surface area contributed by atoms with E-state index >= 15 is 0 Å². The van der Waals surface area contributed by atoms with Crippen LogP contribution in [-0.2, 0) is 5.60 Å². The molecule has 6 rings (SSSR count). The number of piperazine rings is 1. The Labute approximate surface area is 270 Å². The van der Waals surface area contributed by atoms with Gasteiger partial charge in [0.15, 0.2) is 11.4 Å². The number of hydrogen-bond donors (Lipinski definition) is 1. The predicted molar refractivity (Wildman–Crippen MR) is 182 cm³/mol. The Balaban J connectivity index is 1.48. The maximum absolute atomic E-state index is 14.5. The summed E-state index contributed by atoms with van der Waals surface area (Å²) in [4.78, 5) is 27.5. The van der Waals surface area contributed by atoms with Crippen molar-refractivity contribution >= 4 is 24.0 Å². The van der Waals surface area contributed by atoms with Crippen molar-refractivity contribution in [3.8, 4) is 5.75 Å². The third-order valence-electron chi connectivity index (χ3n) is 8.22. The highest BCUT2D eigenvalue weighted by molar-refractivity contribution is 7.84. The molecule has 0 bridgehead atoms. The van der Waals surface area contributed by atoms with E-state index in [1.165, 1.54) is 6.33 Å². The molecule has 7 heteroatoms. The van der Waals surface area contributed by atoms with Gasteiger partial charge in [-0.1, -0.05) is 91.0 Å². The molecule has 1 aromatic heterocycles. The number of rotatable bonds is 9. The number of likely N-dealkylation sites (N-methyl/N-ethyl adjacent to an activating group) is 1. The van der Waals surface area contributed by atoms with Crippen LogP contribution in [0.3, 0.4) is 0 Å². The molecule has 0 amide bonds. The lowest BCUT2D eigenvalue weighted by Crippen LogP contribution is -2.43. The van der Waals surface area contributed by atoms with Crippen molar-refractivity contribution in [1.29, 1.82) is 0 Å². The van der Waals surface area contributed by atoms with Gasteiger partial charge in [-0.05, 0) is 43.8 Å². The molecule has 2 heterocycles. The van der Waals surface area contributed by atoms with E-state index in [1.807, 2.05) is 79.7 Å². The van der Waals surface area contributed by atoms with Gasteiger partial charge in [-0.3, -0.25) is 4.79 Å². The Morgan fingerprint density at radius 3 is 1.84 bits per heavy atom. The molecule has 0 saturated carbocycles. The van der Waals surface area contributed by atoms with Crippen molar-refractivity contribution in [3.05, 3.63) is 166 Å². The van der Waals surface area contributed by atoms with E-state index in [1.54, 1.807) is 12.3 Å². The van der Waals surface area contributed by atoms with Gasteiger partial charge < -0.3 is 14.5 Å². The number of aryl methyl sites for hydroxylation is 1. The van der Waals surface area contributed by atoms with E-state index in [4.69, 9.17) is 17.4 Å². The molecule has 6 nitrogen and oxygen atoms in total. The Morgan fingerprint density at radius 1 is 0.778 bits per heavy atom. The summed E-state index contributed by atoms with van der Waals surface area (Å²) >= 11 is 4.94. The molecular weight excluding hydrogens is 577 g/mol. The zero-order chi connectivity index (χ0) is 31.2. The first-order valence-corrected chi connectivity index (χ1v) is 15.6. The van der Waals surface area contributed by atoms with Gasteiger partial charge in [0.05, 0.1) is 16.3 Å². The summed E-state index contributed by atoms with van der Waals surface area (Å²) in [6.07, 6.45) is 3.12. The first-order chi connectivity index (χ1) is 22.0. The number of nitrogens with zero attached hydrogens (tertiary/aromatic N) is 4. The molecular formula is C38H36N4O2S. The van der Waals surface area contributed by atoms with Gasteiger partial charge in [0, 0.05) is 54.6 Å². The minimum atomic E-state index is -0.974. The van der Waals surface area contributed by atoms with Gasteiger partial charge in [0.1, 0.15) is 12.1 Å². The third kappa shape index (κ3) is 6.41. The van der Waals surface area contributed by atoms with Gasteiger partial charge in [0.2, 0.25) is 0 Å². The molecule has 226 valence electrons. The van der Waals surface area contributed by atoms with Crippen LogP contribution < -0.4 is 4.74 Å². The first kappa shape index (κ1) is 30.3. The summed E-state index contributed by atoms with van der Waals surface area (Å²) in [6.45, 7) is 5.30. The van der Waals surface area contributed by atoms with Gasteiger partial charge >= 0.3 is 0 Å². The van der Waals surface area contributed by atoms with Crippen molar-refractivity contribution < 1.29 is 9.53 Å². The van der Waals surface area contributed by atoms with Crippen molar-refractivity contribution in [1.82, 2.24) is 19.8 Å². The number of ketones is 1. The SMILES string of the molecule is Cc1cc(OC(c2ccccc2)(c2ccccc2)c2ccccc2)cc(C(=O)/C(=C(/S)N2CCN(C)CC2)c2ccncn2)c1. The number of carbonyl (C=O) groups excluding carboxylic acids is 1. The lowest BCUT2D eigenvalue weighted by molar-refractivity contribution is 0.105. The Hall–Kier alpha value is -4.72. The van der Waals surface area contributed by atoms with E-state index in [-0.39, 0.29) is 5.78 Å². The monoisotopic (exact) mass is 612 g/mol. The first-order valence-electron chi connectivity index (χ1n) is 15.1. The van der Waals surface area contributed by atoms with Crippen molar-refractivity contribution in [2.24, 2.45) is 0 Å². The van der Waals surface area contributed by atoms with Crippen LogP contribution >= 0.6 is 12.6 Å². The molecule has 1 fully saturated rings. The molecule has 0 aliphatic carbocycles. The van der Waals surface area contributed by atoms with Crippen LogP contribution in [0.1, 0.15) is 38.3 Å². The summed E-state index contributed by atoms with van der Waals surface area (Å²) in [7, 11) is 2.10. The topological polar surface area (TPSA) is 58.6 Å². The molecule has 5 aromatic rings. The number of allylic oxidation sites excluding steroid dienone is 1. The van der Waals surface area contributed by atoms with Crippen molar-refractivity contribution in [3.63, 3.8) is 0 Å². The smallest absolute Gasteiger partial charge is 0.197 e. The van der Waals surface area contributed by atoms with Crippen LogP contribution in [0.5, 0.6) is 5.75 Å². The van der Waals surface area contributed by atoms with Gasteiger partial charge in [0.25, 0.3) is 0 Å². The van der Waals surface area contributed by atoms with Crippen LogP contribution in [0, 0.1) is 6.92 Å². The Kier molecular flexibility index (Phi) is 9.10. The summed E-state index contributed by atoms with van der Waals surface area (Å²) in [6, 6.07) is 38.1. The standard InChI is InChI=1S/C38H36N4O2S/c1-28-24-29(36(43)35(34-18-19-39-27-40-34)37(45)42-22-20-41(2)21-23-42)26-33(25-28)44-38(30-12-6-3-7-13-30,31-14-8-4-9-15-31)32-16-10-5-11-17-32/h3-19,24-27,45H,20-23H2,1-2H3/b37-35+. The van der Waals surface area contributed by atoms with E-state index in [9.17, 15) is 4.79 Å². The van der Waals surface area contributed by atoms with E-state index in [0.717, 1.165) is 48.4 Å². The summed E-state index contributed by atoms with van der Waals surface area (Å²) in [5, 5.41) is 0.614. The zero-order valence-electron chi connectivity index (χ0n) is 25.5.